The second-order valence-electron chi connectivity index (χ2n) is 7.62. The van der Waals surface area contributed by atoms with Crippen LogP contribution in [0.5, 0.6) is 0 Å². The fourth-order valence-electron chi connectivity index (χ4n) is 3.96. The zero-order chi connectivity index (χ0) is 21.7. The average molecular weight is 444 g/mol. The smallest absolute Gasteiger partial charge is 0.153 e. The number of imidazole rings is 1. The summed E-state index contributed by atoms with van der Waals surface area (Å²) < 4.78 is 42.0. The van der Waals surface area contributed by atoms with Crippen LogP contribution >= 0.6 is 11.6 Å². The van der Waals surface area contributed by atoms with E-state index in [1.807, 2.05) is 0 Å². The normalized spacial score (nSPS) is 14.3. The van der Waals surface area contributed by atoms with Crippen LogP contribution in [-0.2, 0) is 0 Å². The zero-order valence-electron chi connectivity index (χ0n) is 16.2. The fourth-order valence-corrected chi connectivity index (χ4v) is 4.18. The summed E-state index contributed by atoms with van der Waals surface area (Å²) in [6.45, 7) is 1.95. The van der Waals surface area contributed by atoms with Crippen molar-refractivity contribution < 1.29 is 13.2 Å². The zero-order valence-corrected chi connectivity index (χ0v) is 16.9. The molecule has 9 heteroatoms. The Morgan fingerprint density at radius 1 is 1.03 bits per heavy atom. The summed E-state index contributed by atoms with van der Waals surface area (Å²) >= 11 is 6.08. The Morgan fingerprint density at radius 2 is 1.77 bits per heavy atom. The molecular weight excluding hydrogens is 427 g/mol. The Morgan fingerprint density at radius 3 is 2.52 bits per heavy atom. The molecule has 3 N–H and O–H groups in total. The molecule has 0 aliphatic carbocycles. The van der Waals surface area contributed by atoms with Gasteiger partial charge in [-0.05, 0) is 36.4 Å². The maximum absolute atomic E-state index is 14.2. The first kappa shape index (κ1) is 19.8. The van der Waals surface area contributed by atoms with Gasteiger partial charge in [0.15, 0.2) is 5.82 Å². The number of aromatic amines is 1. The Bertz CT molecular complexity index is 1280. The number of aromatic nitrogens is 3. The number of nitrogens with two attached hydrogens (primary N) is 1. The fraction of sp³-hybridized carbons (Fsp3) is 0.182. The molecule has 0 unspecified atom stereocenters. The monoisotopic (exact) mass is 443 g/mol. The molecule has 0 saturated carbocycles. The van der Waals surface area contributed by atoms with Gasteiger partial charge in [-0.1, -0.05) is 11.6 Å². The lowest BCUT2D eigenvalue weighted by molar-refractivity contribution is 0.421. The molecule has 2 aromatic heterocycles. The lowest BCUT2D eigenvalue weighted by Crippen LogP contribution is -2.50. The van der Waals surface area contributed by atoms with Crippen molar-refractivity contribution >= 4 is 28.3 Å². The summed E-state index contributed by atoms with van der Waals surface area (Å²) in [6, 6.07) is 6.24. The Balaban J connectivity index is 1.71. The molecule has 1 fully saturated rings. The van der Waals surface area contributed by atoms with Gasteiger partial charge in [0.25, 0.3) is 0 Å². The summed E-state index contributed by atoms with van der Waals surface area (Å²) in [4.78, 5) is 13.7. The van der Waals surface area contributed by atoms with Crippen molar-refractivity contribution in [3.05, 3.63) is 65.2 Å². The highest BCUT2D eigenvalue weighted by molar-refractivity contribution is 6.30. The number of hydrogen-bond acceptors (Lipinski definition) is 4. The first-order valence-corrected chi connectivity index (χ1v) is 10.1. The van der Waals surface area contributed by atoms with Crippen molar-refractivity contribution in [2.45, 2.75) is 0 Å². The largest absolute Gasteiger partial charge is 0.370 e. The number of nitrogens with zero attached hydrogens (tertiary/aromatic N) is 3. The number of hydrogen-bond donors (Lipinski definition) is 2. The maximum atomic E-state index is 14.2. The molecule has 31 heavy (non-hydrogen) atoms. The van der Waals surface area contributed by atoms with Crippen LogP contribution in [0, 0.1) is 23.4 Å². The van der Waals surface area contributed by atoms with Gasteiger partial charge in [0.1, 0.15) is 23.0 Å². The summed E-state index contributed by atoms with van der Waals surface area (Å²) in [7, 11) is 0. The van der Waals surface area contributed by atoms with Crippen LogP contribution in [-0.4, -0.2) is 34.6 Å². The van der Waals surface area contributed by atoms with Crippen LogP contribution in [0.3, 0.4) is 0 Å². The van der Waals surface area contributed by atoms with E-state index in [4.69, 9.17) is 17.3 Å². The number of halogens is 4. The first-order valence-electron chi connectivity index (χ1n) is 9.67. The third-order valence-electron chi connectivity index (χ3n) is 5.46. The molecule has 5 rings (SSSR count). The van der Waals surface area contributed by atoms with E-state index in [0.717, 1.165) is 11.8 Å². The van der Waals surface area contributed by atoms with Crippen molar-refractivity contribution in [3.63, 3.8) is 0 Å². The molecule has 158 valence electrons. The van der Waals surface area contributed by atoms with Gasteiger partial charge in [-0.25, -0.2) is 18.2 Å². The first-order chi connectivity index (χ1) is 14.9. The number of nitrogens with one attached hydrogen (secondary N) is 1. The number of fused-ring (bicyclic) bond motifs is 1. The third-order valence-corrected chi connectivity index (χ3v) is 5.68. The van der Waals surface area contributed by atoms with Crippen LogP contribution in [0.25, 0.3) is 33.5 Å². The summed E-state index contributed by atoms with van der Waals surface area (Å²) in [5.41, 5.74) is 8.61. The predicted molar refractivity (Wildman–Crippen MR) is 114 cm³/mol. The van der Waals surface area contributed by atoms with Gasteiger partial charge in [0, 0.05) is 48.1 Å². The Hall–Kier alpha value is -3.10. The van der Waals surface area contributed by atoms with Gasteiger partial charge < -0.3 is 15.6 Å². The van der Waals surface area contributed by atoms with E-state index in [2.05, 4.69) is 19.9 Å². The molecule has 0 atom stereocenters. The summed E-state index contributed by atoms with van der Waals surface area (Å²) in [5.74, 6) is -1.26. The molecule has 4 aromatic rings. The molecular formula is C22H17ClF3N5. The van der Waals surface area contributed by atoms with Gasteiger partial charge in [0.05, 0.1) is 16.8 Å². The van der Waals surface area contributed by atoms with Gasteiger partial charge in [-0.3, -0.25) is 4.98 Å². The van der Waals surface area contributed by atoms with Crippen molar-refractivity contribution in [3.8, 4) is 22.5 Å². The summed E-state index contributed by atoms with van der Waals surface area (Å²) in [6.07, 6.45) is 3.23. The van der Waals surface area contributed by atoms with Crippen LogP contribution in [0.1, 0.15) is 0 Å². The van der Waals surface area contributed by atoms with Gasteiger partial charge in [-0.2, -0.15) is 0 Å². The van der Waals surface area contributed by atoms with E-state index in [-0.39, 0.29) is 16.1 Å². The summed E-state index contributed by atoms with van der Waals surface area (Å²) in [5, 5.41) is 0.260. The van der Waals surface area contributed by atoms with Gasteiger partial charge >= 0.3 is 0 Å². The van der Waals surface area contributed by atoms with Gasteiger partial charge in [0.2, 0.25) is 0 Å². The number of benzene rings is 2. The highest BCUT2D eigenvalue weighted by Crippen LogP contribution is 2.42. The van der Waals surface area contributed by atoms with E-state index in [9.17, 15) is 13.2 Å². The van der Waals surface area contributed by atoms with Crippen molar-refractivity contribution in [1.82, 2.24) is 15.0 Å². The SMILES string of the molecule is NCC1CN(c2c(-c3cc(F)cc(Cl)c3)cncc2-c2nc3c(F)cc(F)cc3[nH]2)C1. The lowest BCUT2D eigenvalue weighted by Gasteiger charge is -2.42. The van der Waals surface area contributed by atoms with E-state index >= 15 is 0 Å². The Kier molecular flexibility index (Phi) is 4.83. The second-order valence-corrected chi connectivity index (χ2v) is 8.05. The van der Waals surface area contributed by atoms with E-state index in [1.165, 1.54) is 18.2 Å². The molecule has 5 nitrogen and oxygen atoms in total. The molecule has 0 bridgehead atoms. The predicted octanol–water partition coefficient (Wildman–Crippen LogP) is 4.76. The number of rotatable bonds is 4. The van der Waals surface area contributed by atoms with E-state index in [0.29, 0.717) is 48.1 Å². The highest BCUT2D eigenvalue weighted by atomic mass is 35.5. The van der Waals surface area contributed by atoms with E-state index in [1.54, 1.807) is 18.5 Å². The molecule has 0 amide bonds. The third kappa shape index (κ3) is 3.51. The highest BCUT2D eigenvalue weighted by Gasteiger charge is 2.31. The van der Waals surface area contributed by atoms with Gasteiger partial charge in [-0.15, -0.1) is 0 Å². The van der Waals surface area contributed by atoms with E-state index < -0.39 is 17.5 Å². The molecule has 2 aromatic carbocycles. The second kappa shape index (κ2) is 7.55. The molecule has 1 saturated heterocycles. The lowest BCUT2D eigenvalue weighted by atomic mass is 9.94. The molecule has 0 spiro atoms. The minimum absolute atomic E-state index is 0.0324. The molecule has 1 aliphatic rings. The quantitative estimate of drug-likeness (QED) is 0.477. The van der Waals surface area contributed by atoms with Crippen LogP contribution in [0.2, 0.25) is 5.02 Å². The standard InChI is InChI=1S/C22H17ClF3N5/c23-13-1-12(2-14(24)3-13)16-7-28-8-17(21(16)31-9-11(6-27)10-31)22-29-19-5-15(25)4-18(26)20(19)30-22/h1-5,7-8,11H,6,9-10,27H2,(H,29,30). The maximum Gasteiger partial charge on any atom is 0.153 e. The molecule has 3 heterocycles. The molecule has 0 radical (unpaired) electrons. The van der Waals surface area contributed by atoms with Crippen LogP contribution in [0.15, 0.2) is 42.7 Å². The minimum atomic E-state index is -0.757. The van der Waals surface area contributed by atoms with Crippen LogP contribution < -0.4 is 10.6 Å². The van der Waals surface area contributed by atoms with Crippen molar-refractivity contribution in [1.29, 1.82) is 0 Å². The topological polar surface area (TPSA) is 70.8 Å². The minimum Gasteiger partial charge on any atom is -0.370 e. The average Bonchev–Trinajstić information content (AvgIpc) is 3.10. The number of pyridine rings is 1. The van der Waals surface area contributed by atoms with Crippen molar-refractivity contribution in [2.75, 3.05) is 24.5 Å². The van der Waals surface area contributed by atoms with Crippen LogP contribution in [0.4, 0.5) is 18.9 Å². The molecule has 1 aliphatic heterocycles. The Labute approximate surface area is 180 Å². The van der Waals surface area contributed by atoms with Crippen molar-refractivity contribution in [2.24, 2.45) is 11.7 Å². The number of H-pyrrole nitrogens is 1. The number of anilines is 1.